The van der Waals surface area contributed by atoms with Gasteiger partial charge in [-0.25, -0.2) is 9.97 Å². The molecule has 126 valence electrons. The summed E-state index contributed by atoms with van der Waals surface area (Å²) in [6.07, 6.45) is 0. The Morgan fingerprint density at radius 2 is 2.12 bits per heavy atom. The molecule has 0 aliphatic rings. The van der Waals surface area contributed by atoms with Gasteiger partial charge in [-0.05, 0) is 25.1 Å². The standard InChI is InChI=1S/C17H19ClN4O2/c1-11-9-14-16(19-5-7-24-8-6-23)21-15(22-17(14)20-11)12-3-2-4-13(18)10-12/h2-4,9-10,23H,5-8H2,1H3,(H2,19,20,21,22). The van der Waals surface area contributed by atoms with Crippen molar-refractivity contribution < 1.29 is 9.84 Å². The SMILES string of the molecule is Cc1cc2c(NCCOCCO)nc(-c3cccc(Cl)c3)nc2[nH]1. The van der Waals surface area contributed by atoms with E-state index in [0.29, 0.717) is 30.6 Å². The number of fused-ring (bicyclic) bond motifs is 1. The molecule has 7 heteroatoms. The van der Waals surface area contributed by atoms with Crippen molar-refractivity contribution in [3.63, 3.8) is 0 Å². The third-order valence-corrected chi connectivity index (χ3v) is 3.71. The van der Waals surface area contributed by atoms with Gasteiger partial charge in [-0.2, -0.15) is 0 Å². The van der Waals surface area contributed by atoms with Crippen molar-refractivity contribution in [2.45, 2.75) is 6.92 Å². The Kier molecular flexibility index (Phi) is 5.30. The van der Waals surface area contributed by atoms with Crippen molar-refractivity contribution in [2.75, 3.05) is 31.7 Å². The Hall–Kier alpha value is -2.15. The van der Waals surface area contributed by atoms with E-state index in [1.54, 1.807) is 0 Å². The minimum absolute atomic E-state index is 0.0215. The van der Waals surface area contributed by atoms with Crippen LogP contribution in [0.1, 0.15) is 5.69 Å². The smallest absolute Gasteiger partial charge is 0.163 e. The van der Waals surface area contributed by atoms with Gasteiger partial charge in [0.1, 0.15) is 11.5 Å². The number of rotatable bonds is 7. The molecule has 0 aliphatic carbocycles. The van der Waals surface area contributed by atoms with Crippen LogP contribution in [0.3, 0.4) is 0 Å². The molecule has 0 radical (unpaired) electrons. The number of aliphatic hydroxyl groups is 1. The lowest BCUT2D eigenvalue weighted by molar-refractivity contribution is 0.0992. The maximum atomic E-state index is 8.73. The number of ether oxygens (including phenoxy) is 1. The molecule has 2 aromatic heterocycles. The van der Waals surface area contributed by atoms with E-state index in [4.69, 9.17) is 21.4 Å². The van der Waals surface area contributed by atoms with E-state index in [1.165, 1.54) is 0 Å². The molecule has 0 saturated carbocycles. The number of nitrogens with one attached hydrogen (secondary N) is 2. The van der Waals surface area contributed by atoms with Gasteiger partial charge in [0.15, 0.2) is 5.82 Å². The lowest BCUT2D eigenvalue weighted by atomic mass is 10.2. The Labute approximate surface area is 144 Å². The molecular formula is C17H19ClN4O2. The predicted octanol–water partition coefficient (Wildman–Crippen LogP) is 3.01. The van der Waals surface area contributed by atoms with Crippen LogP contribution in [-0.4, -0.2) is 46.4 Å². The van der Waals surface area contributed by atoms with E-state index in [0.717, 1.165) is 28.1 Å². The van der Waals surface area contributed by atoms with Gasteiger partial charge in [0.2, 0.25) is 0 Å². The Morgan fingerprint density at radius 1 is 1.25 bits per heavy atom. The molecule has 24 heavy (non-hydrogen) atoms. The number of hydrogen-bond acceptors (Lipinski definition) is 5. The molecule has 0 aliphatic heterocycles. The first-order valence-corrected chi connectivity index (χ1v) is 8.11. The van der Waals surface area contributed by atoms with Gasteiger partial charge < -0.3 is 20.1 Å². The van der Waals surface area contributed by atoms with Crippen LogP contribution in [0.4, 0.5) is 5.82 Å². The number of nitrogens with zero attached hydrogens (tertiary/aromatic N) is 2. The largest absolute Gasteiger partial charge is 0.394 e. The fraction of sp³-hybridized carbons (Fsp3) is 0.294. The number of aromatic amines is 1. The number of aliphatic hydroxyl groups excluding tert-OH is 1. The number of benzene rings is 1. The molecule has 2 heterocycles. The minimum Gasteiger partial charge on any atom is -0.394 e. The van der Waals surface area contributed by atoms with Crippen molar-refractivity contribution in [1.29, 1.82) is 0 Å². The molecule has 1 aromatic carbocycles. The summed E-state index contributed by atoms with van der Waals surface area (Å²) in [4.78, 5) is 12.5. The quantitative estimate of drug-likeness (QED) is 0.573. The van der Waals surface area contributed by atoms with Gasteiger partial charge in [0.05, 0.1) is 25.2 Å². The molecule has 0 fully saturated rings. The van der Waals surface area contributed by atoms with Gasteiger partial charge >= 0.3 is 0 Å². The minimum atomic E-state index is 0.0215. The average Bonchev–Trinajstić information content (AvgIpc) is 2.95. The fourth-order valence-electron chi connectivity index (χ4n) is 2.44. The van der Waals surface area contributed by atoms with E-state index >= 15 is 0 Å². The second-order valence-corrected chi connectivity index (χ2v) is 5.82. The van der Waals surface area contributed by atoms with Crippen LogP contribution in [0.15, 0.2) is 30.3 Å². The van der Waals surface area contributed by atoms with E-state index in [2.05, 4.69) is 20.3 Å². The van der Waals surface area contributed by atoms with Crippen LogP contribution >= 0.6 is 11.6 Å². The van der Waals surface area contributed by atoms with E-state index in [-0.39, 0.29) is 6.61 Å². The normalized spacial score (nSPS) is 11.1. The summed E-state index contributed by atoms with van der Waals surface area (Å²) >= 11 is 6.07. The summed E-state index contributed by atoms with van der Waals surface area (Å²) in [7, 11) is 0. The summed E-state index contributed by atoms with van der Waals surface area (Å²) in [5.74, 6) is 1.34. The molecule has 3 rings (SSSR count). The lowest BCUT2D eigenvalue weighted by Gasteiger charge is -2.09. The Morgan fingerprint density at radius 3 is 2.92 bits per heavy atom. The summed E-state index contributed by atoms with van der Waals surface area (Å²) in [6, 6.07) is 9.47. The van der Waals surface area contributed by atoms with Crippen LogP contribution in [0.5, 0.6) is 0 Å². The zero-order chi connectivity index (χ0) is 16.9. The van der Waals surface area contributed by atoms with E-state index < -0.39 is 0 Å². The molecule has 0 saturated heterocycles. The summed E-state index contributed by atoms with van der Waals surface area (Å²) in [5.41, 5.74) is 2.65. The topological polar surface area (TPSA) is 83.1 Å². The molecule has 0 atom stereocenters. The molecule has 0 unspecified atom stereocenters. The maximum absolute atomic E-state index is 8.73. The number of H-pyrrole nitrogens is 1. The number of aromatic nitrogens is 3. The molecule has 6 nitrogen and oxygen atoms in total. The fourth-order valence-corrected chi connectivity index (χ4v) is 2.63. The molecule has 0 amide bonds. The molecule has 3 aromatic rings. The van der Waals surface area contributed by atoms with Crippen LogP contribution in [0, 0.1) is 6.92 Å². The number of aryl methyl sites for hydroxylation is 1. The molecular weight excluding hydrogens is 328 g/mol. The summed E-state index contributed by atoms with van der Waals surface area (Å²) < 4.78 is 5.27. The highest BCUT2D eigenvalue weighted by Gasteiger charge is 2.11. The van der Waals surface area contributed by atoms with Crippen molar-refractivity contribution in [2.24, 2.45) is 0 Å². The number of halogens is 1. The van der Waals surface area contributed by atoms with Crippen LogP contribution in [-0.2, 0) is 4.74 Å². The van der Waals surface area contributed by atoms with Gasteiger partial charge in [-0.3, -0.25) is 0 Å². The van der Waals surface area contributed by atoms with Crippen molar-refractivity contribution in [1.82, 2.24) is 15.0 Å². The maximum Gasteiger partial charge on any atom is 0.163 e. The first-order chi connectivity index (χ1) is 11.7. The van der Waals surface area contributed by atoms with Crippen molar-refractivity contribution >= 4 is 28.5 Å². The molecule has 0 bridgehead atoms. The van der Waals surface area contributed by atoms with E-state index in [1.807, 2.05) is 37.3 Å². The number of anilines is 1. The monoisotopic (exact) mass is 346 g/mol. The van der Waals surface area contributed by atoms with Gasteiger partial charge in [0, 0.05) is 22.8 Å². The Bertz CT molecular complexity index is 835. The number of hydrogen-bond donors (Lipinski definition) is 3. The second-order valence-electron chi connectivity index (χ2n) is 5.38. The van der Waals surface area contributed by atoms with Crippen molar-refractivity contribution in [3.05, 3.63) is 41.0 Å². The van der Waals surface area contributed by atoms with Crippen LogP contribution in [0.25, 0.3) is 22.4 Å². The zero-order valence-electron chi connectivity index (χ0n) is 13.3. The van der Waals surface area contributed by atoms with E-state index in [9.17, 15) is 0 Å². The first kappa shape index (κ1) is 16.7. The Balaban J connectivity index is 1.91. The highest BCUT2D eigenvalue weighted by molar-refractivity contribution is 6.30. The third kappa shape index (κ3) is 3.84. The zero-order valence-corrected chi connectivity index (χ0v) is 14.1. The second kappa shape index (κ2) is 7.61. The van der Waals surface area contributed by atoms with Crippen molar-refractivity contribution in [3.8, 4) is 11.4 Å². The summed E-state index contributed by atoms with van der Waals surface area (Å²) in [5, 5.41) is 13.6. The van der Waals surface area contributed by atoms with Crippen LogP contribution < -0.4 is 5.32 Å². The van der Waals surface area contributed by atoms with Gasteiger partial charge in [0.25, 0.3) is 0 Å². The lowest BCUT2D eigenvalue weighted by Crippen LogP contribution is -2.12. The highest BCUT2D eigenvalue weighted by atomic mass is 35.5. The molecule has 0 spiro atoms. The van der Waals surface area contributed by atoms with Gasteiger partial charge in [-0.1, -0.05) is 23.7 Å². The van der Waals surface area contributed by atoms with Crippen LogP contribution in [0.2, 0.25) is 5.02 Å². The molecule has 3 N–H and O–H groups in total. The average molecular weight is 347 g/mol. The highest BCUT2D eigenvalue weighted by Crippen LogP contribution is 2.26. The third-order valence-electron chi connectivity index (χ3n) is 3.48. The van der Waals surface area contributed by atoms with Gasteiger partial charge in [-0.15, -0.1) is 0 Å². The first-order valence-electron chi connectivity index (χ1n) is 7.73. The summed E-state index contributed by atoms with van der Waals surface area (Å²) in [6.45, 7) is 3.41. The predicted molar refractivity (Wildman–Crippen MR) is 95.5 cm³/mol.